The Bertz CT molecular complexity index is 3810. The highest BCUT2D eigenvalue weighted by Gasteiger charge is 2.40. The number of benzene rings is 9. The zero-order valence-corrected chi connectivity index (χ0v) is 34.9. The number of fused-ring (bicyclic) bond motifs is 9. The van der Waals surface area contributed by atoms with Crippen LogP contribution < -0.4 is 0 Å². The van der Waals surface area contributed by atoms with Crippen molar-refractivity contribution in [2.75, 3.05) is 0 Å². The Balaban J connectivity index is 1.03. The van der Waals surface area contributed by atoms with Gasteiger partial charge in [0, 0.05) is 43.7 Å². The van der Waals surface area contributed by atoms with E-state index in [1.165, 1.54) is 27.8 Å². The Morgan fingerprint density at radius 1 is 0.328 bits per heavy atom. The van der Waals surface area contributed by atoms with Gasteiger partial charge in [0.2, 0.25) is 0 Å². The fourth-order valence-electron chi connectivity index (χ4n) is 10.2. The second kappa shape index (κ2) is 14.1. The Kier molecular flexibility index (Phi) is 8.00. The third-order valence-corrected chi connectivity index (χ3v) is 13.4. The largest absolute Gasteiger partial charge is 0.456 e. The molecule has 3 aromatic heterocycles. The van der Waals surface area contributed by atoms with Gasteiger partial charge in [0.25, 0.3) is 0 Å². The lowest BCUT2D eigenvalue weighted by Gasteiger charge is -2.28. The van der Waals surface area contributed by atoms with Crippen LogP contribution in [-0.2, 0) is 5.41 Å². The Morgan fingerprint density at radius 2 is 0.859 bits per heavy atom. The molecular weight excluding hydrogens is 781 g/mol. The summed E-state index contributed by atoms with van der Waals surface area (Å²) in [6.45, 7) is 2.36. The van der Waals surface area contributed by atoms with Gasteiger partial charge in [0.05, 0.1) is 11.4 Å². The summed E-state index contributed by atoms with van der Waals surface area (Å²) in [5, 5.41) is 4.37. The molecule has 1 unspecified atom stereocenters. The van der Waals surface area contributed by atoms with Gasteiger partial charge in [0.15, 0.2) is 5.82 Å². The van der Waals surface area contributed by atoms with Gasteiger partial charge in [-0.05, 0) is 112 Å². The number of hydrogen-bond acceptors (Lipinski definition) is 4. The normalized spacial score (nSPS) is 14.4. The first-order valence-electron chi connectivity index (χ1n) is 21.8. The molecule has 0 saturated carbocycles. The number of nitrogens with zero attached hydrogens (tertiary/aromatic N) is 2. The van der Waals surface area contributed by atoms with Gasteiger partial charge < -0.3 is 8.83 Å². The number of hydrogen-bond donors (Lipinski definition) is 0. The van der Waals surface area contributed by atoms with Gasteiger partial charge in [-0.3, -0.25) is 0 Å². The summed E-state index contributed by atoms with van der Waals surface area (Å²) in [5.74, 6) is 0.673. The van der Waals surface area contributed by atoms with Crippen molar-refractivity contribution in [3.63, 3.8) is 0 Å². The lowest BCUT2D eigenvalue weighted by molar-refractivity contribution is 0.668. The lowest BCUT2D eigenvalue weighted by Crippen LogP contribution is -2.22. The van der Waals surface area contributed by atoms with Crippen LogP contribution >= 0.6 is 0 Å². The molecule has 4 nitrogen and oxygen atoms in total. The maximum absolute atomic E-state index is 6.31. The molecule has 0 fully saturated rings. The highest BCUT2D eigenvalue weighted by atomic mass is 16.3. The van der Waals surface area contributed by atoms with Crippen molar-refractivity contribution in [1.82, 2.24) is 9.97 Å². The Labute approximate surface area is 369 Å². The number of aromatic nitrogens is 2. The summed E-state index contributed by atoms with van der Waals surface area (Å²) in [5.41, 5.74) is 18.6. The molecule has 1 atom stereocenters. The van der Waals surface area contributed by atoms with Gasteiger partial charge in [0.1, 0.15) is 22.3 Å². The first kappa shape index (κ1) is 36.3. The van der Waals surface area contributed by atoms with Crippen LogP contribution in [0.3, 0.4) is 0 Å². The summed E-state index contributed by atoms with van der Waals surface area (Å²) in [7, 11) is 0. The Hall–Kier alpha value is -8.34. The van der Waals surface area contributed by atoms with Crippen LogP contribution in [0.25, 0.3) is 111 Å². The average Bonchev–Trinajstić information content (AvgIpc) is 4.01. The second-order valence-corrected chi connectivity index (χ2v) is 17.0. The molecule has 0 radical (unpaired) electrons. The molecule has 0 amide bonds. The number of rotatable bonds is 6. The molecule has 3 heterocycles. The highest BCUT2D eigenvalue weighted by Crippen LogP contribution is 2.53. The summed E-state index contributed by atoms with van der Waals surface area (Å²) >= 11 is 0. The minimum Gasteiger partial charge on any atom is -0.456 e. The van der Waals surface area contributed by atoms with Crippen LogP contribution in [0.4, 0.5) is 0 Å². The van der Waals surface area contributed by atoms with Gasteiger partial charge >= 0.3 is 0 Å². The molecule has 12 aromatic rings. The van der Waals surface area contributed by atoms with E-state index >= 15 is 0 Å². The predicted octanol–water partition coefficient (Wildman–Crippen LogP) is 15.9. The molecule has 64 heavy (non-hydrogen) atoms. The van der Waals surface area contributed by atoms with E-state index in [4.69, 9.17) is 18.8 Å². The van der Waals surface area contributed by atoms with E-state index < -0.39 is 0 Å². The van der Waals surface area contributed by atoms with Crippen LogP contribution in [0, 0.1) is 0 Å². The molecule has 1 aliphatic rings. The monoisotopic (exact) mass is 818 g/mol. The first-order chi connectivity index (χ1) is 31.6. The molecule has 0 aliphatic heterocycles. The van der Waals surface area contributed by atoms with Crippen LogP contribution in [0.5, 0.6) is 0 Å². The third-order valence-electron chi connectivity index (χ3n) is 13.4. The van der Waals surface area contributed by atoms with E-state index in [9.17, 15) is 0 Å². The summed E-state index contributed by atoms with van der Waals surface area (Å²) in [6, 6.07) is 75.3. The third kappa shape index (κ3) is 5.62. The van der Waals surface area contributed by atoms with Crippen molar-refractivity contribution in [3.05, 3.63) is 229 Å². The van der Waals surface area contributed by atoms with E-state index in [0.29, 0.717) is 5.82 Å². The Morgan fingerprint density at radius 3 is 1.61 bits per heavy atom. The number of furan rings is 2. The molecule has 9 aromatic carbocycles. The summed E-state index contributed by atoms with van der Waals surface area (Å²) in [6.07, 6.45) is 0. The topological polar surface area (TPSA) is 52.1 Å². The minimum atomic E-state index is -0.341. The van der Waals surface area contributed by atoms with Crippen molar-refractivity contribution < 1.29 is 8.83 Å². The smallest absolute Gasteiger partial charge is 0.160 e. The van der Waals surface area contributed by atoms with E-state index in [1.54, 1.807) is 0 Å². The van der Waals surface area contributed by atoms with Crippen molar-refractivity contribution in [2.45, 2.75) is 12.3 Å². The fraction of sp³-hybridized carbons (Fsp3) is 0.0333. The van der Waals surface area contributed by atoms with Crippen molar-refractivity contribution in [3.8, 4) is 67.3 Å². The van der Waals surface area contributed by atoms with Crippen LogP contribution in [0.15, 0.2) is 221 Å². The first-order valence-corrected chi connectivity index (χ1v) is 21.8. The number of para-hydroxylation sites is 2. The van der Waals surface area contributed by atoms with Gasteiger partial charge in [-0.25, -0.2) is 9.97 Å². The average molecular weight is 819 g/mol. The van der Waals surface area contributed by atoms with Gasteiger partial charge in [-0.2, -0.15) is 0 Å². The maximum atomic E-state index is 6.31. The molecular formula is C60H38N2O2. The van der Waals surface area contributed by atoms with E-state index in [-0.39, 0.29) is 5.41 Å². The zero-order chi connectivity index (χ0) is 42.4. The van der Waals surface area contributed by atoms with Gasteiger partial charge in [-0.1, -0.05) is 158 Å². The molecule has 4 heteroatoms. The molecule has 0 saturated heterocycles. The lowest BCUT2D eigenvalue weighted by atomic mass is 9.74. The molecule has 1 aliphatic carbocycles. The quantitative estimate of drug-likeness (QED) is 0.168. The molecule has 13 rings (SSSR count). The zero-order valence-electron chi connectivity index (χ0n) is 34.9. The van der Waals surface area contributed by atoms with E-state index in [1.807, 2.05) is 42.5 Å². The summed E-state index contributed by atoms with van der Waals surface area (Å²) in [4.78, 5) is 10.7. The SMILES string of the molecule is CC1(c2ccccc2)c2ccccc2-c2ccc(-c3cc(-c4ccc(-c5ccc6oc7ccccc7c6c5)cc4-c4ccc5oc6ccccc6c5c4)nc(-c4ccccc4)n3)cc21. The molecule has 0 spiro atoms. The van der Waals surface area contributed by atoms with Crippen molar-refractivity contribution in [1.29, 1.82) is 0 Å². The van der Waals surface area contributed by atoms with Crippen molar-refractivity contribution in [2.24, 2.45) is 0 Å². The van der Waals surface area contributed by atoms with E-state index in [0.717, 1.165) is 94.2 Å². The molecule has 0 bridgehead atoms. The van der Waals surface area contributed by atoms with Crippen LogP contribution in [-0.4, -0.2) is 9.97 Å². The summed E-state index contributed by atoms with van der Waals surface area (Å²) < 4.78 is 12.5. The highest BCUT2D eigenvalue weighted by molar-refractivity contribution is 6.08. The van der Waals surface area contributed by atoms with Crippen LogP contribution in [0.2, 0.25) is 0 Å². The van der Waals surface area contributed by atoms with E-state index in [2.05, 4.69) is 177 Å². The standard InChI is InChI=1S/C60H38N2O2/c1-60(42-16-6-3-7-17-42)51-21-11-8-18-43(51)44-28-25-41(35-52(44)60)53-36-54(62-59(61-53)37-14-4-2-5-15-37)45-29-24-38(39-26-30-57-49(33-39)46-19-9-12-22-55(46)63-57)32-48(45)40-27-31-58-50(34-40)47-20-10-13-23-56(47)64-58/h2-36H,1H3. The molecule has 300 valence electrons. The predicted molar refractivity (Wildman–Crippen MR) is 261 cm³/mol. The second-order valence-electron chi connectivity index (χ2n) is 17.0. The van der Waals surface area contributed by atoms with Crippen LogP contribution in [0.1, 0.15) is 23.6 Å². The fourth-order valence-corrected chi connectivity index (χ4v) is 10.2. The molecule has 0 N–H and O–H groups in total. The maximum Gasteiger partial charge on any atom is 0.160 e. The minimum absolute atomic E-state index is 0.341. The van der Waals surface area contributed by atoms with Gasteiger partial charge in [-0.15, -0.1) is 0 Å². The van der Waals surface area contributed by atoms with Crippen molar-refractivity contribution >= 4 is 43.9 Å².